The van der Waals surface area contributed by atoms with Crippen LogP contribution in [-0.2, 0) is 16.2 Å². The molecule has 146 valence electrons. The van der Waals surface area contributed by atoms with Crippen molar-refractivity contribution in [2.24, 2.45) is 0 Å². The summed E-state index contributed by atoms with van der Waals surface area (Å²) in [5, 5.41) is 0.930. The van der Waals surface area contributed by atoms with E-state index in [1.54, 1.807) is 20.4 Å². The van der Waals surface area contributed by atoms with Crippen molar-refractivity contribution in [2.75, 3.05) is 20.3 Å². The van der Waals surface area contributed by atoms with Crippen molar-refractivity contribution < 1.29 is 19.0 Å². The Bertz CT molecular complexity index is 958. The van der Waals surface area contributed by atoms with Crippen LogP contribution in [0.15, 0.2) is 18.5 Å². The number of aromatic nitrogens is 2. The van der Waals surface area contributed by atoms with E-state index in [0.29, 0.717) is 18.2 Å². The van der Waals surface area contributed by atoms with Gasteiger partial charge >= 0.3 is 5.97 Å². The molecule has 6 nitrogen and oxygen atoms in total. The second-order valence-electron chi connectivity index (χ2n) is 7.58. The molecule has 0 saturated carbocycles. The van der Waals surface area contributed by atoms with Gasteiger partial charge in [-0.15, -0.1) is 11.3 Å². The third-order valence-electron chi connectivity index (χ3n) is 4.27. The molecule has 1 aromatic carbocycles. The fraction of sp³-hybridized carbons (Fsp3) is 0.474. The zero-order valence-corrected chi connectivity index (χ0v) is 18.3. The first kappa shape index (κ1) is 19.8. The highest BCUT2D eigenvalue weighted by atomic mass is 32.1. The summed E-state index contributed by atoms with van der Waals surface area (Å²) in [6.07, 6.45) is 1.77. The Kier molecular flexibility index (Phi) is 5.88. The van der Waals surface area contributed by atoms with E-state index < -0.39 is 8.07 Å². The zero-order chi connectivity index (χ0) is 19.6. The number of esters is 1. The van der Waals surface area contributed by atoms with Crippen molar-refractivity contribution in [2.45, 2.75) is 39.3 Å². The number of hydrogen-bond donors (Lipinski definition) is 0. The molecule has 2 aromatic heterocycles. The molecule has 0 bridgehead atoms. The van der Waals surface area contributed by atoms with Crippen molar-refractivity contribution in [3.05, 3.63) is 23.3 Å². The zero-order valence-electron chi connectivity index (χ0n) is 16.5. The molecule has 27 heavy (non-hydrogen) atoms. The van der Waals surface area contributed by atoms with Gasteiger partial charge in [-0.2, -0.15) is 0 Å². The standard InChI is InChI=1S/C19H26N2O4SSi/c1-6-25-19(22)16-9-13-15(26-16)10-14(23-2)18-17(13)20-11-21(18)12-24-7-8-27(3,4)5/h9-11H,6-8,12H2,1-5H3. The van der Waals surface area contributed by atoms with Crippen LogP contribution in [0.25, 0.3) is 21.1 Å². The van der Waals surface area contributed by atoms with Crippen molar-refractivity contribution in [3.63, 3.8) is 0 Å². The van der Waals surface area contributed by atoms with Gasteiger partial charge in [-0.05, 0) is 19.0 Å². The highest BCUT2D eigenvalue weighted by Gasteiger charge is 2.19. The lowest BCUT2D eigenvalue weighted by Gasteiger charge is -2.16. The number of fused-ring (bicyclic) bond motifs is 3. The Hall–Kier alpha value is -1.90. The molecule has 0 aliphatic heterocycles. The van der Waals surface area contributed by atoms with E-state index >= 15 is 0 Å². The fourth-order valence-corrected chi connectivity index (χ4v) is 4.56. The van der Waals surface area contributed by atoms with E-state index in [4.69, 9.17) is 14.2 Å². The number of benzene rings is 1. The van der Waals surface area contributed by atoms with Gasteiger partial charge in [-0.25, -0.2) is 9.78 Å². The van der Waals surface area contributed by atoms with E-state index in [9.17, 15) is 4.79 Å². The number of methoxy groups -OCH3 is 1. The van der Waals surface area contributed by atoms with E-state index in [2.05, 4.69) is 24.6 Å². The third-order valence-corrected chi connectivity index (χ3v) is 7.04. The summed E-state index contributed by atoms with van der Waals surface area (Å²) in [4.78, 5) is 17.2. The Morgan fingerprint density at radius 2 is 2.07 bits per heavy atom. The lowest BCUT2D eigenvalue weighted by molar-refractivity contribution is 0.0532. The first-order chi connectivity index (χ1) is 12.8. The molecule has 0 radical (unpaired) electrons. The molecule has 0 aliphatic carbocycles. The van der Waals surface area contributed by atoms with Crippen LogP contribution in [0.1, 0.15) is 16.6 Å². The topological polar surface area (TPSA) is 62.6 Å². The number of imidazole rings is 1. The maximum absolute atomic E-state index is 12.1. The van der Waals surface area contributed by atoms with Gasteiger partial charge in [0.1, 0.15) is 28.4 Å². The summed E-state index contributed by atoms with van der Waals surface area (Å²) in [6.45, 7) is 10.3. The van der Waals surface area contributed by atoms with Gasteiger partial charge in [0.15, 0.2) is 0 Å². The van der Waals surface area contributed by atoms with Crippen LogP contribution >= 0.6 is 11.3 Å². The monoisotopic (exact) mass is 406 g/mol. The largest absolute Gasteiger partial charge is 0.494 e. The molecular weight excluding hydrogens is 380 g/mol. The van der Waals surface area contributed by atoms with Crippen LogP contribution in [0.4, 0.5) is 0 Å². The summed E-state index contributed by atoms with van der Waals surface area (Å²) < 4.78 is 19.5. The normalized spacial score (nSPS) is 12.0. The number of ether oxygens (including phenoxy) is 3. The molecule has 2 heterocycles. The van der Waals surface area contributed by atoms with Crippen molar-refractivity contribution in [3.8, 4) is 5.75 Å². The average molecular weight is 407 g/mol. The third kappa shape index (κ3) is 4.34. The Labute approximate surface area is 164 Å². The maximum Gasteiger partial charge on any atom is 0.348 e. The minimum atomic E-state index is -1.12. The number of nitrogens with zero attached hydrogens (tertiary/aromatic N) is 2. The molecule has 3 aromatic rings. The van der Waals surface area contributed by atoms with Gasteiger partial charge in [0.2, 0.25) is 0 Å². The number of rotatable bonds is 8. The van der Waals surface area contributed by atoms with Crippen LogP contribution in [0, 0.1) is 0 Å². The minimum Gasteiger partial charge on any atom is -0.494 e. The molecule has 0 amide bonds. The summed E-state index contributed by atoms with van der Waals surface area (Å²) >= 11 is 1.39. The Morgan fingerprint density at radius 3 is 2.74 bits per heavy atom. The highest BCUT2D eigenvalue weighted by Crippen LogP contribution is 2.37. The number of thiophene rings is 1. The first-order valence-electron chi connectivity index (χ1n) is 9.04. The van der Waals surface area contributed by atoms with Gasteiger partial charge in [0, 0.05) is 30.8 Å². The Balaban J connectivity index is 1.93. The van der Waals surface area contributed by atoms with Crippen LogP contribution in [-0.4, -0.2) is 43.9 Å². The van der Waals surface area contributed by atoms with Crippen molar-refractivity contribution >= 4 is 46.5 Å². The quantitative estimate of drug-likeness (QED) is 0.307. The number of carbonyl (C=O) groups is 1. The van der Waals surface area contributed by atoms with Gasteiger partial charge in [0.25, 0.3) is 0 Å². The summed E-state index contributed by atoms with van der Waals surface area (Å²) in [5.41, 5.74) is 1.69. The first-order valence-corrected chi connectivity index (χ1v) is 13.6. The lowest BCUT2D eigenvalue weighted by atomic mass is 10.2. The van der Waals surface area contributed by atoms with Gasteiger partial charge in [-0.1, -0.05) is 19.6 Å². The average Bonchev–Trinajstić information content (AvgIpc) is 3.21. The van der Waals surface area contributed by atoms with Crippen LogP contribution < -0.4 is 4.74 Å². The van der Waals surface area contributed by atoms with E-state index in [1.165, 1.54) is 11.3 Å². The predicted molar refractivity (Wildman–Crippen MR) is 112 cm³/mol. The number of carbonyl (C=O) groups excluding carboxylic acids is 1. The molecule has 8 heteroatoms. The second-order valence-corrected chi connectivity index (χ2v) is 14.3. The molecule has 0 saturated heterocycles. The summed E-state index contributed by atoms with van der Waals surface area (Å²) in [7, 11) is 0.524. The predicted octanol–water partition coefficient (Wildman–Crippen LogP) is 4.75. The van der Waals surface area contributed by atoms with E-state index in [0.717, 1.165) is 39.5 Å². The summed E-state index contributed by atoms with van der Waals surface area (Å²) in [6, 6.07) is 4.92. The van der Waals surface area contributed by atoms with E-state index in [-0.39, 0.29) is 5.97 Å². The lowest BCUT2D eigenvalue weighted by Crippen LogP contribution is -2.22. The second kappa shape index (κ2) is 8.00. The van der Waals surface area contributed by atoms with Gasteiger partial charge in [0.05, 0.1) is 20.0 Å². The van der Waals surface area contributed by atoms with Gasteiger partial charge in [-0.3, -0.25) is 0 Å². The van der Waals surface area contributed by atoms with Crippen LogP contribution in [0.2, 0.25) is 25.7 Å². The molecule has 0 spiro atoms. The molecule has 0 aliphatic rings. The SMILES string of the molecule is CCOC(=O)c1cc2c(cc(OC)c3c2ncn3COCC[Si](C)(C)C)s1. The van der Waals surface area contributed by atoms with Crippen LogP contribution in [0.3, 0.4) is 0 Å². The molecule has 0 N–H and O–H groups in total. The molecule has 0 fully saturated rings. The smallest absolute Gasteiger partial charge is 0.348 e. The molecule has 0 atom stereocenters. The molecule has 0 unspecified atom stereocenters. The number of hydrogen-bond acceptors (Lipinski definition) is 6. The maximum atomic E-state index is 12.1. The molecule has 3 rings (SSSR count). The molecular formula is C19H26N2O4SSi. The fourth-order valence-electron chi connectivity index (χ4n) is 2.82. The minimum absolute atomic E-state index is 0.306. The summed E-state index contributed by atoms with van der Waals surface area (Å²) in [5.74, 6) is 0.418. The van der Waals surface area contributed by atoms with Crippen LogP contribution in [0.5, 0.6) is 5.75 Å². The van der Waals surface area contributed by atoms with Crippen molar-refractivity contribution in [1.29, 1.82) is 0 Å². The van der Waals surface area contributed by atoms with E-state index in [1.807, 2.05) is 16.7 Å². The highest BCUT2D eigenvalue weighted by molar-refractivity contribution is 7.20. The van der Waals surface area contributed by atoms with Gasteiger partial charge < -0.3 is 18.8 Å². The van der Waals surface area contributed by atoms with Crippen molar-refractivity contribution in [1.82, 2.24) is 9.55 Å². The Morgan fingerprint density at radius 1 is 1.30 bits per heavy atom.